The summed E-state index contributed by atoms with van der Waals surface area (Å²) in [4.78, 5) is 0.0840. The van der Waals surface area contributed by atoms with E-state index in [-0.39, 0.29) is 10.6 Å². The lowest BCUT2D eigenvalue weighted by atomic mass is 10.2. The number of nitrogens with one attached hydrogen (secondary N) is 1. The van der Waals surface area contributed by atoms with E-state index in [1.807, 2.05) is 12.1 Å². The topological polar surface area (TPSA) is 51.1 Å². The van der Waals surface area contributed by atoms with E-state index in [4.69, 9.17) is 0 Å². The number of nitrogens with zero attached hydrogens (tertiary/aromatic N) is 1. The smallest absolute Gasteiger partial charge is 0.261 e. The standard InChI is InChI=1S/C16H13FN2O2S/c17-15-9-8-13(19-10-4-5-11-19)12-16(15)18-22(20,21)14-6-2-1-3-7-14/h1-12,18H. The van der Waals surface area contributed by atoms with Gasteiger partial charge in [0.15, 0.2) is 0 Å². The van der Waals surface area contributed by atoms with Crippen LogP contribution in [0.15, 0.2) is 78.0 Å². The third kappa shape index (κ3) is 2.87. The Bertz CT molecular complexity index is 876. The van der Waals surface area contributed by atoms with Gasteiger partial charge in [-0.1, -0.05) is 18.2 Å². The summed E-state index contributed by atoms with van der Waals surface area (Å²) in [6, 6.07) is 15.8. The molecule has 1 N–H and O–H groups in total. The summed E-state index contributed by atoms with van der Waals surface area (Å²) >= 11 is 0. The number of benzene rings is 2. The van der Waals surface area contributed by atoms with Crippen molar-refractivity contribution in [3.8, 4) is 5.69 Å². The van der Waals surface area contributed by atoms with Gasteiger partial charge in [-0.15, -0.1) is 0 Å². The van der Waals surface area contributed by atoms with Gasteiger partial charge in [-0.2, -0.15) is 0 Å². The zero-order valence-corrected chi connectivity index (χ0v) is 12.3. The molecule has 112 valence electrons. The van der Waals surface area contributed by atoms with Gasteiger partial charge in [0.2, 0.25) is 0 Å². The average molecular weight is 316 g/mol. The fraction of sp³-hybridized carbons (Fsp3) is 0. The Kier molecular flexibility index (Phi) is 3.68. The SMILES string of the molecule is O=S(=O)(Nc1cc(-n2cccc2)ccc1F)c1ccccc1. The summed E-state index contributed by atoms with van der Waals surface area (Å²) in [5, 5.41) is 0. The predicted octanol–water partition coefficient (Wildman–Crippen LogP) is 3.42. The number of rotatable bonds is 4. The van der Waals surface area contributed by atoms with Crippen molar-refractivity contribution in [2.24, 2.45) is 0 Å². The highest BCUT2D eigenvalue weighted by Crippen LogP contribution is 2.22. The molecule has 0 radical (unpaired) electrons. The lowest BCUT2D eigenvalue weighted by Crippen LogP contribution is -2.14. The molecule has 6 heteroatoms. The third-order valence-electron chi connectivity index (χ3n) is 3.15. The average Bonchev–Trinajstić information content (AvgIpc) is 3.04. The van der Waals surface area contributed by atoms with Gasteiger partial charge in [0.05, 0.1) is 10.6 Å². The molecule has 3 aromatic rings. The molecule has 0 atom stereocenters. The van der Waals surface area contributed by atoms with Crippen LogP contribution in [0, 0.1) is 5.82 Å². The molecule has 3 rings (SSSR count). The van der Waals surface area contributed by atoms with Crippen molar-refractivity contribution in [1.82, 2.24) is 4.57 Å². The van der Waals surface area contributed by atoms with Gasteiger partial charge in [0, 0.05) is 18.1 Å². The van der Waals surface area contributed by atoms with Gasteiger partial charge >= 0.3 is 0 Å². The summed E-state index contributed by atoms with van der Waals surface area (Å²) in [6.45, 7) is 0. The Morgan fingerprint density at radius 2 is 1.59 bits per heavy atom. The first-order valence-corrected chi connectivity index (χ1v) is 8.05. The van der Waals surface area contributed by atoms with Crippen molar-refractivity contribution in [3.63, 3.8) is 0 Å². The lowest BCUT2D eigenvalue weighted by Gasteiger charge is -2.11. The van der Waals surface area contributed by atoms with Crippen molar-refractivity contribution >= 4 is 15.7 Å². The Hall–Kier alpha value is -2.60. The number of hydrogen-bond donors (Lipinski definition) is 1. The van der Waals surface area contributed by atoms with Crippen molar-refractivity contribution in [1.29, 1.82) is 0 Å². The van der Waals surface area contributed by atoms with Gasteiger partial charge in [-0.3, -0.25) is 4.72 Å². The predicted molar refractivity (Wildman–Crippen MR) is 83.0 cm³/mol. The molecular formula is C16H13FN2O2S. The van der Waals surface area contributed by atoms with Crippen molar-refractivity contribution < 1.29 is 12.8 Å². The summed E-state index contributed by atoms with van der Waals surface area (Å²) in [6.07, 6.45) is 3.59. The second kappa shape index (κ2) is 5.65. The molecular weight excluding hydrogens is 303 g/mol. The summed E-state index contributed by atoms with van der Waals surface area (Å²) < 4.78 is 42.5. The van der Waals surface area contributed by atoms with Crippen LogP contribution in [-0.4, -0.2) is 13.0 Å². The Labute approximate surface area is 127 Å². The number of sulfonamides is 1. The van der Waals surface area contributed by atoms with Gasteiger partial charge in [0.25, 0.3) is 10.0 Å². The van der Waals surface area contributed by atoms with Gasteiger partial charge in [-0.25, -0.2) is 12.8 Å². The second-order valence-electron chi connectivity index (χ2n) is 4.67. The highest BCUT2D eigenvalue weighted by molar-refractivity contribution is 7.92. The number of halogens is 1. The number of anilines is 1. The lowest BCUT2D eigenvalue weighted by molar-refractivity contribution is 0.598. The molecule has 0 amide bonds. The largest absolute Gasteiger partial charge is 0.324 e. The fourth-order valence-electron chi connectivity index (χ4n) is 2.06. The van der Waals surface area contributed by atoms with Crippen LogP contribution in [0.1, 0.15) is 0 Å². The molecule has 0 aliphatic carbocycles. The van der Waals surface area contributed by atoms with E-state index < -0.39 is 15.8 Å². The van der Waals surface area contributed by atoms with Crippen LogP contribution >= 0.6 is 0 Å². The minimum atomic E-state index is -3.82. The molecule has 4 nitrogen and oxygen atoms in total. The van der Waals surface area contributed by atoms with Crippen LogP contribution in [0.3, 0.4) is 0 Å². The van der Waals surface area contributed by atoms with E-state index in [0.717, 1.165) is 0 Å². The molecule has 22 heavy (non-hydrogen) atoms. The normalized spacial score (nSPS) is 11.3. The molecule has 0 unspecified atom stereocenters. The maximum atomic E-state index is 13.9. The molecule has 0 aliphatic heterocycles. The monoisotopic (exact) mass is 316 g/mol. The summed E-state index contributed by atoms with van der Waals surface area (Å²) in [7, 11) is -3.82. The molecule has 0 saturated carbocycles. The maximum absolute atomic E-state index is 13.9. The van der Waals surface area contributed by atoms with Crippen LogP contribution in [0.25, 0.3) is 5.69 Å². The molecule has 0 bridgehead atoms. The first-order valence-electron chi connectivity index (χ1n) is 6.57. The molecule has 1 heterocycles. The first kappa shape index (κ1) is 14.3. The van der Waals surface area contributed by atoms with Gasteiger partial charge in [0.1, 0.15) is 5.82 Å². The Morgan fingerprint density at radius 1 is 0.909 bits per heavy atom. The fourth-order valence-corrected chi connectivity index (χ4v) is 3.14. The van der Waals surface area contributed by atoms with Crippen LogP contribution in [0.4, 0.5) is 10.1 Å². The van der Waals surface area contributed by atoms with Crippen LogP contribution in [0.2, 0.25) is 0 Å². The van der Waals surface area contributed by atoms with Crippen molar-refractivity contribution in [2.45, 2.75) is 4.90 Å². The molecule has 2 aromatic carbocycles. The van der Waals surface area contributed by atoms with E-state index >= 15 is 0 Å². The highest BCUT2D eigenvalue weighted by atomic mass is 32.2. The zero-order chi connectivity index (χ0) is 15.6. The number of aromatic nitrogens is 1. The van der Waals surface area contributed by atoms with Gasteiger partial charge < -0.3 is 4.57 Å². The minimum Gasteiger partial charge on any atom is -0.324 e. The van der Waals surface area contributed by atoms with Crippen molar-refractivity contribution in [3.05, 3.63) is 78.9 Å². The summed E-state index contributed by atoms with van der Waals surface area (Å²) in [5.74, 6) is -0.629. The molecule has 0 saturated heterocycles. The molecule has 0 spiro atoms. The second-order valence-corrected chi connectivity index (χ2v) is 6.36. The van der Waals surface area contributed by atoms with Crippen LogP contribution in [0.5, 0.6) is 0 Å². The molecule has 0 aliphatic rings. The quantitative estimate of drug-likeness (QED) is 0.802. The number of hydrogen-bond acceptors (Lipinski definition) is 2. The zero-order valence-electron chi connectivity index (χ0n) is 11.5. The van der Waals surface area contributed by atoms with E-state index in [2.05, 4.69) is 4.72 Å². The van der Waals surface area contributed by atoms with E-state index in [9.17, 15) is 12.8 Å². The molecule has 0 fully saturated rings. The van der Waals surface area contributed by atoms with Crippen LogP contribution in [-0.2, 0) is 10.0 Å². The first-order chi connectivity index (χ1) is 10.6. The molecule has 1 aromatic heterocycles. The van der Waals surface area contributed by atoms with Crippen molar-refractivity contribution in [2.75, 3.05) is 4.72 Å². The third-order valence-corrected chi connectivity index (χ3v) is 4.53. The van der Waals surface area contributed by atoms with E-state index in [1.54, 1.807) is 41.2 Å². The minimum absolute atomic E-state index is 0.0840. The Balaban J connectivity index is 1.97. The Morgan fingerprint density at radius 3 is 2.27 bits per heavy atom. The summed E-state index contributed by atoms with van der Waals surface area (Å²) in [5.41, 5.74) is 0.576. The maximum Gasteiger partial charge on any atom is 0.261 e. The van der Waals surface area contributed by atoms with Crippen LogP contribution < -0.4 is 4.72 Å². The highest BCUT2D eigenvalue weighted by Gasteiger charge is 2.16. The van der Waals surface area contributed by atoms with Gasteiger partial charge in [-0.05, 0) is 42.5 Å². The van der Waals surface area contributed by atoms with E-state index in [0.29, 0.717) is 5.69 Å². The van der Waals surface area contributed by atoms with E-state index in [1.165, 1.54) is 24.3 Å².